The molecule has 178 valence electrons. The van der Waals surface area contributed by atoms with Crippen LogP contribution in [0.1, 0.15) is 57.2 Å². The summed E-state index contributed by atoms with van der Waals surface area (Å²) in [6, 6.07) is 17.3. The van der Waals surface area contributed by atoms with Crippen molar-refractivity contribution in [2.75, 3.05) is 11.9 Å². The largest absolute Gasteiger partial charge is 0.459 e. The number of allylic oxidation sites excluding steroid dienone is 1. The number of thiocarbonyl (C=S) groups is 1. The van der Waals surface area contributed by atoms with Crippen LogP contribution < -0.4 is 10.6 Å². The molecule has 0 aromatic heterocycles. The van der Waals surface area contributed by atoms with E-state index >= 15 is 0 Å². The minimum absolute atomic E-state index is 0.00229. The fourth-order valence-corrected chi connectivity index (χ4v) is 4.89. The van der Waals surface area contributed by atoms with Crippen molar-refractivity contribution < 1.29 is 14.3 Å². The Balaban J connectivity index is 1.49. The SMILES string of the molecule is CCN1C(=S)N[C@H](c2ccc(NC(=O)[C@H]3C[C@@H]3c3ccccc3)cc2)C(C(=O)OC(C)C)=C1C. The van der Waals surface area contributed by atoms with E-state index in [2.05, 4.69) is 22.8 Å². The van der Waals surface area contributed by atoms with Gasteiger partial charge in [-0.15, -0.1) is 0 Å². The Labute approximate surface area is 206 Å². The van der Waals surface area contributed by atoms with Crippen LogP contribution in [0.3, 0.4) is 0 Å². The highest BCUT2D eigenvalue weighted by molar-refractivity contribution is 7.80. The first-order valence-corrected chi connectivity index (χ1v) is 12.2. The molecule has 0 unspecified atom stereocenters. The summed E-state index contributed by atoms with van der Waals surface area (Å²) in [4.78, 5) is 27.6. The van der Waals surface area contributed by atoms with Crippen molar-refractivity contribution >= 4 is 34.9 Å². The molecular formula is C27H31N3O3S. The van der Waals surface area contributed by atoms with E-state index in [0.717, 1.165) is 23.4 Å². The van der Waals surface area contributed by atoms with Gasteiger partial charge < -0.3 is 20.3 Å². The maximum absolute atomic E-state index is 13.0. The average Bonchev–Trinajstić information content (AvgIpc) is 3.61. The number of nitrogens with one attached hydrogen (secondary N) is 2. The molecule has 4 rings (SSSR count). The third kappa shape index (κ3) is 4.99. The highest BCUT2D eigenvalue weighted by atomic mass is 32.1. The molecule has 1 fully saturated rings. The number of carbonyl (C=O) groups is 2. The van der Waals surface area contributed by atoms with Gasteiger partial charge in [-0.25, -0.2) is 4.79 Å². The van der Waals surface area contributed by atoms with Gasteiger partial charge in [0.15, 0.2) is 5.11 Å². The predicted octanol–water partition coefficient (Wildman–Crippen LogP) is 4.91. The van der Waals surface area contributed by atoms with Gasteiger partial charge in [0.1, 0.15) is 0 Å². The van der Waals surface area contributed by atoms with E-state index in [1.54, 1.807) is 0 Å². The molecule has 34 heavy (non-hydrogen) atoms. The summed E-state index contributed by atoms with van der Waals surface area (Å²) in [5.74, 6) is -0.0299. The topological polar surface area (TPSA) is 70.7 Å². The molecule has 1 aliphatic carbocycles. The lowest BCUT2D eigenvalue weighted by Crippen LogP contribution is -2.47. The van der Waals surface area contributed by atoms with E-state index in [9.17, 15) is 9.59 Å². The van der Waals surface area contributed by atoms with Gasteiger partial charge in [-0.3, -0.25) is 4.79 Å². The highest BCUT2D eigenvalue weighted by Crippen LogP contribution is 2.47. The number of rotatable bonds is 7. The van der Waals surface area contributed by atoms with Crippen molar-refractivity contribution in [3.05, 3.63) is 77.0 Å². The standard InChI is InChI=1S/C27H31N3O3S/c1-5-30-17(4)23(26(32)33-16(2)3)24(29-27(30)34)19-11-13-20(14-12-19)28-25(31)22-15-21(22)18-9-7-6-8-10-18/h6-14,16,21-22,24H,5,15H2,1-4H3,(H,28,31)(H,29,34)/t21-,22+,24-/m1/s1. The van der Waals surface area contributed by atoms with Gasteiger partial charge in [-0.05, 0) is 75.5 Å². The van der Waals surface area contributed by atoms with Crippen LogP contribution in [0.25, 0.3) is 0 Å². The second kappa shape index (κ2) is 9.97. The Morgan fingerprint density at radius 3 is 2.41 bits per heavy atom. The van der Waals surface area contributed by atoms with Gasteiger partial charge in [0, 0.05) is 23.8 Å². The molecule has 1 saturated carbocycles. The Bertz CT molecular complexity index is 1110. The predicted molar refractivity (Wildman–Crippen MR) is 137 cm³/mol. The first-order valence-electron chi connectivity index (χ1n) is 11.8. The van der Waals surface area contributed by atoms with Gasteiger partial charge in [0.25, 0.3) is 0 Å². The molecule has 7 heteroatoms. The molecule has 0 radical (unpaired) electrons. The first-order chi connectivity index (χ1) is 16.3. The molecule has 0 spiro atoms. The number of anilines is 1. The molecule has 2 aromatic carbocycles. The summed E-state index contributed by atoms with van der Waals surface area (Å²) in [5, 5.41) is 6.90. The fourth-order valence-electron chi connectivity index (χ4n) is 4.50. The lowest BCUT2D eigenvalue weighted by atomic mass is 9.94. The second-order valence-electron chi connectivity index (χ2n) is 9.05. The van der Waals surface area contributed by atoms with Crippen LogP contribution in [0.5, 0.6) is 0 Å². The maximum atomic E-state index is 13.0. The molecular weight excluding hydrogens is 446 g/mol. The highest BCUT2D eigenvalue weighted by Gasteiger charge is 2.43. The average molecular weight is 478 g/mol. The second-order valence-corrected chi connectivity index (χ2v) is 9.44. The molecule has 2 N–H and O–H groups in total. The Hall–Kier alpha value is -3.19. The van der Waals surface area contributed by atoms with Crippen LogP contribution in [0.4, 0.5) is 5.69 Å². The summed E-state index contributed by atoms with van der Waals surface area (Å²) in [5.41, 5.74) is 4.15. The van der Waals surface area contributed by atoms with Crippen LogP contribution in [0.2, 0.25) is 0 Å². The van der Waals surface area contributed by atoms with Crippen LogP contribution >= 0.6 is 12.2 Å². The monoisotopic (exact) mass is 477 g/mol. The molecule has 0 bridgehead atoms. The van der Waals surface area contributed by atoms with Gasteiger partial charge in [0.2, 0.25) is 5.91 Å². The number of ether oxygens (including phenoxy) is 1. The number of hydrogen-bond donors (Lipinski definition) is 2. The van der Waals surface area contributed by atoms with E-state index in [-0.39, 0.29) is 29.8 Å². The molecule has 1 heterocycles. The van der Waals surface area contributed by atoms with Crippen molar-refractivity contribution in [1.82, 2.24) is 10.2 Å². The summed E-state index contributed by atoms with van der Waals surface area (Å²) in [7, 11) is 0. The molecule has 2 aromatic rings. The van der Waals surface area contributed by atoms with Gasteiger partial charge in [-0.1, -0.05) is 42.5 Å². The van der Waals surface area contributed by atoms with Crippen LogP contribution in [-0.4, -0.2) is 34.5 Å². The minimum Gasteiger partial charge on any atom is -0.459 e. The van der Waals surface area contributed by atoms with Crippen LogP contribution in [-0.2, 0) is 14.3 Å². The van der Waals surface area contributed by atoms with Crippen molar-refractivity contribution in [3.63, 3.8) is 0 Å². The zero-order valence-corrected chi connectivity index (χ0v) is 20.8. The number of benzene rings is 2. The number of hydrogen-bond acceptors (Lipinski definition) is 4. The summed E-state index contributed by atoms with van der Waals surface area (Å²) < 4.78 is 5.53. The normalized spacial score (nSPS) is 21.9. The van der Waals surface area contributed by atoms with E-state index in [1.807, 2.05) is 75.1 Å². The van der Waals surface area contributed by atoms with Crippen molar-refractivity contribution in [2.45, 2.75) is 52.2 Å². The van der Waals surface area contributed by atoms with Crippen molar-refractivity contribution in [2.24, 2.45) is 5.92 Å². The molecule has 3 atom stereocenters. The fraction of sp³-hybridized carbons (Fsp3) is 0.370. The molecule has 1 aliphatic heterocycles. The maximum Gasteiger partial charge on any atom is 0.338 e. The summed E-state index contributed by atoms with van der Waals surface area (Å²) in [6.45, 7) is 8.21. The molecule has 6 nitrogen and oxygen atoms in total. The van der Waals surface area contributed by atoms with Gasteiger partial charge >= 0.3 is 5.97 Å². The van der Waals surface area contributed by atoms with E-state index < -0.39 is 6.04 Å². The van der Waals surface area contributed by atoms with Crippen LogP contribution in [0, 0.1) is 5.92 Å². The Kier molecular flexibility index (Phi) is 7.03. The van der Waals surface area contributed by atoms with E-state index in [4.69, 9.17) is 17.0 Å². The summed E-state index contributed by atoms with van der Waals surface area (Å²) >= 11 is 5.55. The zero-order valence-electron chi connectivity index (χ0n) is 20.0. The van der Waals surface area contributed by atoms with Crippen molar-refractivity contribution in [3.8, 4) is 0 Å². The minimum atomic E-state index is -0.419. The molecule has 2 aliphatic rings. The number of amides is 1. The third-order valence-electron chi connectivity index (χ3n) is 6.34. The Morgan fingerprint density at radius 1 is 1.12 bits per heavy atom. The molecule has 0 saturated heterocycles. The Morgan fingerprint density at radius 2 is 1.79 bits per heavy atom. The smallest absolute Gasteiger partial charge is 0.338 e. The zero-order chi connectivity index (χ0) is 24.4. The first kappa shape index (κ1) is 24.0. The van der Waals surface area contributed by atoms with Gasteiger partial charge in [0.05, 0.1) is 17.7 Å². The number of carbonyl (C=O) groups excluding carboxylic acids is 2. The van der Waals surface area contributed by atoms with E-state index in [0.29, 0.717) is 17.2 Å². The van der Waals surface area contributed by atoms with Gasteiger partial charge in [-0.2, -0.15) is 0 Å². The van der Waals surface area contributed by atoms with E-state index in [1.165, 1.54) is 5.56 Å². The third-order valence-corrected chi connectivity index (χ3v) is 6.68. The summed E-state index contributed by atoms with van der Waals surface area (Å²) in [6.07, 6.45) is 0.647. The number of esters is 1. The van der Waals surface area contributed by atoms with Crippen LogP contribution in [0.15, 0.2) is 65.9 Å². The van der Waals surface area contributed by atoms with Crippen molar-refractivity contribution in [1.29, 1.82) is 0 Å². The molecule has 1 amide bonds. The lowest BCUT2D eigenvalue weighted by Gasteiger charge is -2.37. The number of nitrogens with zero attached hydrogens (tertiary/aromatic N) is 1. The lowest BCUT2D eigenvalue weighted by molar-refractivity contribution is -0.143. The quantitative estimate of drug-likeness (QED) is 0.436.